The minimum atomic E-state index is -0.563. The van der Waals surface area contributed by atoms with Gasteiger partial charge >= 0.3 is 184 Å². The van der Waals surface area contributed by atoms with Crippen molar-refractivity contribution in [1.82, 2.24) is 4.98 Å². The Morgan fingerprint density at radius 2 is 1.33 bits per heavy atom. The second-order valence-corrected chi connectivity index (χ2v) is 9.85. The van der Waals surface area contributed by atoms with Gasteiger partial charge in [-0.2, -0.15) is 0 Å². The number of fused-ring (bicyclic) bond motifs is 1. The van der Waals surface area contributed by atoms with Crippen molar-refractivity contribution >= 4 is 46.7 Å². The van der Waals surface area contributed by atoms with Crippen molar-refractivity contribution in [1.29, 1.82) is 0 Å². The zero-order valence-corrected chi connectivity index (χ0v) is 18.5. The molecule has 1 atom stereocenters. The van der Waals surface area contributed by atoms with Gasteiger partial charge in [-0.15, -0.1) is 0 Å². The molecule has 1 unspecified atom stereocenters. The van der Waals surface area contributed by atoms with Crippen LogP contribution in [0.1, 0.15) is 0 Å². The number of hydrogen-bond donors (Lipinski definition) is 1. The number of nitrogens with one attached hydrogen (secondary N) is 1. The average molecular weight is 448 g/mol. The molecule has 0 bridgehead atoms. The first-order valence-corrected chi connectivity index (χ1v) is 12.1. The average Bonchev–Trinajstić information content (AvgIpc) is 2.80. The first-order valence-electron chi connectivity index (χ1n) is 9.99. The van der Waals surface area contributed by atoms with Gasteiger partial charge in [0.25, 0.3) is 0 Å². The monoisotopic (exact) mass is 448 g/mol. The standard InChI is InChI=1S/C27H21AsN2/c1-3-9-20(10-4-1)24-15-8-16-26-25(24)17-18-29-27(26)28-21-11-7-14-23(19-21)30-22-12-5-2-6-13-22/h1-19,28,30H. The second-order valence-electron chi connectivity index (χ2n) is 7.12. The molecule has 144 valence electrons. The molecule has 0 aliphatic heterocycles. The Hall–Kier alpha value is -3.35. The number of pyridine rings is 1. The molecule has 1 N–H and O–H groups in total. The molecule has 2 nitrogen and oxygen atoms in total. The molecular formula is C27H21AsN2. The summed E-state index contributed by atoms with van der Waals surface area (Å²) < 4.78 is 2.59. The Kier molecular flexibility index (Phi) is 5.33. The number of nitrogens with zero attached hydrogens (tertiary/aromatic N) is 1. The third-order valence-electron chi connectivity index (χ3n) is 5.08. The topological polar surface area (TPSA) is 24.9 Å². The predicted octanol–water partition coefficient (Wildman–Crippen LogP) is 5.03. The van der Waals surface area contributed by atoms with E-state index in [4.69, 9.17) is 4.98 Å². The van der Waals surface area contributed by atoms with E-state index >= 15 is 0 Å². The van der Waals surface area contributed by atoms with Gasteiger partial charge in [0.1, 0.15) is 0 Å². The molecule has 5 aromatic rings. The molecule has 0 aliphatic carbocycles. The summed E-state index contributed by atoms with van der Waals surface area (Å²) in [4.78, 5) is 4.79. The van der Waals surface area contributed by atoms with E-state index in [0.29, 0.717) is 0 Å². The van der Waals surface area contributed by atoms with Crippen LogP contribution in [0, 0.1) is 0 Å². The maximum atomic E-state index is 4.79. The predicted molar refractivity (Wildman–Crippen MR) is 130 cm³/mol. The van der Waals surface area contributed by atoms with Crippen LogP contribution < -0.4 is 14.1 Å². The summed E-state index contributed by atoms with van der Waals surface area (Å²) in [6.07, 6.45) is 1.96. The van der Waals surface area contributed by atoms with Gasteiger partial charge in [0, 0.05) is 0 Å². The van der Waals surface area contributed by atoms with Crippen molar-refractivity contribution in [2.45, 2.75) is 0 Å². The van der Waals surface area contributed by atoms with E-state index in [1.807, 2.05) is 24.4 Å². The summed E-state index contributed by atoms with van der Waals surface area (Å²) in [7, 11) is 0. The van der Waals surface area contributed by atoms with Crippen LogP contribution in [0.3, 0.4) is 0 Å². The third-order valence-corrected chi connectivity index (χ3v) is 7.67. The summed E-state index contributed by atoms with van der Waals surface area (Å²) in [6.45, 7) is 0. The zero-order valence-electron chi connectivity index (χ0n) is 16.4. The Balaban J connectivity index is 1.48. The molecule has 4 aromatic carbocycles. The molecule has 0 aliphatic rings. The fourth-order valence-corrected chi connectivity index (χ4v) is 6.14. The third kappa shape index (κ3) is 4.01. The van der Waals surface area contributed by atoms with Crippen molar-refractivity contribution < 1.29 is 0 Å². The Morgan fingerprint density at radius 3 is 2.17 bits per heavy atom. The summed E-state index contributed by atoms with van der Waals surface area (Å²) in [6, 6.07) is 38.3. The van der Waals surface area contributed by atoms with E-state index in [-0.39, 0.29) is 0 Å². The van der Waals surface area contributed by atoms with Crippen LogP contribution in [0.25, 0.3) is 21.9 Å². The fourth-order valence-electron chi connectivity index (χ4n) is 3.68. The van der Waals surface area contributed by atoms with E-state index in [1.165, 1.54) is 30.7 Å². The van der Waals surface area contributed by atoms with Gasteiger partial charge in [0.05, 0.1) is 0 Å². The molecule has 0 saturated carbocycles. The van der Waals surface area contributed by atoms with Crippen LogP contribution in [-0.4, -0.2) is 20.7 Å². The summed E-state index contributed by atoms with van der Waals surface area (Å²) in [5.74, 6) is 0. The number of aromatic nitrogens is 1. The molecule has 0 fully saturated rings. The van der Waals surface area contributed by atoms with Crippen LogP contribution >= 0.6 is 0 Å². The van der Waals surface area contributed by atoms with Gasteiger partial charge in [-0.25, -0.2) is 0 Å². The van der Waals surface area contributed by atoms with E-state index < -0.39 is 15.8 Å². The molecule has 0 saturated heterocycles. The van der Waals surface area contributed by atoms with Gasteiger partial charge in [-0.05, 0) is 0 Å². The first kappa shape index (κ1) is 18.7. The number of benzene rings is 4. The molecule has 5 rings (SSSR count). The van der Waals surface area contributed by atoms with Crippen LogP contribution in [0.5, 0.6) is 0 Å². The van der Waals surface area contributed by atoms with Crippen molar-refractivity contribution in [3.8, 4) is 11.1 Å². The molecule has 0 radical (unpaired) electrons. The van der Waals surface area contributed by atoms with Gasteiger partial charge < -0.3 is 0 Å². The minimum absolute atomic E-state index is 0.563. The normalized spacial score (nSPS) is 11.2. The van der Waals surface area contributed by atoms with Crippen molar-refractivity contribution in [3.05, 3.63) is 115 Å². The van der Waals surface area contributed by atoms with Gasteiger partial charge in [-0.1, -0.05) is 0 Å². The Morgan fingerprint density at radius 1 is 0.600 bits per heavy atom. The van der Waals surface area contributed by atoms with Crippen LogP contribution in [0.4, 0.5) is 11.4 Å². The van der Waals surface area contributed by atoms with Crippen LogP contribution in [0.2, 0.25) is 0 Å². The van der Waals surface area contributed by atoms with Crippen molar-refractivity contribution in [3.63, 3.8) is 0 Å². The number of anilines is 2. The second kappa shape index (κ2) is 8.57. The first-order chi connectivity index (χ1) is 14.9. The Bertz CT molecular complexity index is 1280. The molecule has 1 aromatic heterocycles. The van der Waals surface area contributed by atoms with E-state index in [0.717, 1.165) is 11.4 Å². The summed E-state index contributed by atoms with van der Waals surface area (Å²) >= 11 is -0.563. The van der Waals surface area contributed by atoms with Crippen molar-refractivity contribution in [2.75, 3.05) is 5.32 Å². The molecule has 1 heterocycles. The molecular weight excluding hydrogens is 427 g/mol. The molecule has 3 heteroatoms. The number of para-hydroxylation sites is 1. The van der Waals surface area contributed by atoms with E-state index in [2.05, 4.69) is 96.3 Å². The van der Waals surface area contributed by atoms with Crippen LogP contribution in [0.15, 0.2) is 115 Å². The van der Waals surface area contributed by atoms with Gasteiger partial charge in [-0.3, -0.25) is 0 Å². The SMILES string of the molecule is c1ccc(Nc2cccc([AsH]c3nccc4c(-c5ccccc5)cccc34)c2)cc1. The fraction of sp³-hybridized carbons (Fsp3) is 0. The molecule has 0 amide bonds. The van der Waals surface area contributed by atoms with Gasteiger partial charge in [0.2, 0.25) is 0 Å². The maximum absolute atomic E-state index is 4.79. The van der Waals surface area contributed by atoms with E-state index in [9.17, 15) is 0 Å². The quantitative estimate of drug-likeness (QED) is 0.382. The summed E-state index contributed by atoms with van der Waals surface area (Å²) in [5.41, 5.74) is 4.73. The number of hydrogen-bond acceptors (Lipinski definition) is 2. The zero-order chi connectivity index (χ0) is 20.2. The van der Waals surface area contributed by atoms with Gasteiger partial charge in [0.15, 0.2) is 0 Å². The Labute approximate surface area is 183 Å². The molecule has 0 spiro atoms. The van der Waals surface area contributed by atoms with Crippen LogP contribution in [-0.2, 0) is 0 Å². The summed E-state index contributed by atoms with van der Waals surface area (Å²) in [5, 5.41) is 6.04. The van der Waals surface area contributed by atoms with E-state index in [1.54, 1.807) is 0 Å². The molecule has 30 heavy (non-hydrogen) atoms. The van der Waals surface area contributed by atoms with Crippen molar-refractivity contribution in [2.24, 2.45) is 0 Å². The number of rotatable bonds is 5.